The summed E-state index contributed by atoms with van der Waals surface area (Å²) in [7, 11) is 0. The monoisotopic (exact) mass is 1810 g/mol. The van der Waals surface area contributed by atoms with E-state index in [-0.39, 0.29) is 175 Å². The lowest BCUT2D eigenvalue weighted by molar-refractivity contribution is -0.148. The van der Waals surface area contributed by atoms with Crippen molar-refractivity contribution in [1.29, 1.82) is 0 Å². The van der Waals surface area contributed by atoms with Gasteiger partial charge in [0, 0.05) is 54.1 Å². The Hall–Kier alpha value is -9.99. The number of aryl methyl sites for hydroxylation is 2. The predicted octanol–water partition coefficient (Wildman–Crippen LogP) is 13.7. The van der Waals surface area contributed by atoms with Gasteiger partial charge in [0.25, 0.3) is 0 Å². The molecule has 21 atom stereocenters. The first-order chi connectivity index (χ1) is 61.3. The lowest BCUT2D eigenvalue weighted by atomic mass is 9.94. The van der Waals surface area contributed by atoms with Crippen molar-refractivity contribution in [2.24, 2.45) is 35.5 Å². The third-order valence-electron chi connectivity index (χ3n) is 23.2. The first-order valence-electron chi connectivity index (χ1n) is 44.7. The Morgan fingerprint density at radius 1 is 0.400 bits per heavy atom. The maximum Gasteiger partial charge on any atom is 0.342 e. The number of phenolic OH excluding ortho intramolecular Hbond substituents is 2. The number of aliphatic hydroxyl groups is 8. The number of Topliss-reactive ketones (excluding diaryl/α,β-unsaturated/α-hetero) is 1. The maximum absolute atomic E-state index is 13.2. The summed E-state index contributed by atoms with van der Waals surface area (Å²) in [6, 6.07) is 12.6. The zero-order valence-electron chi connectivity index (χ0n) is 78.2. The van der Waals surface area contributed by atoms with E-state index < -0.39 is 96.0 Å². The molecule has 714 valence electrons. The number of hydrogen-bond acceptors (Lipinski definition) is 29. The molecule has 0 aromatic heterocycles. The minimum atomic E-state index is -1.60. The molecule has 10 N–H and O–H groups in total. The average molecular weight is 1810 g/mol. The second-order valence-electron chi connectivity index (χ2n) is 35.0. The van der Waals surface area contributed by atoms with Gasteiger partial charge in [-0.3, -0.25) is 14.4 Å². The summed E-state index contributed by atoms with van der Waals surface area (Å²) >= 11 is 0. The van der Waals surface area contributed by atoms with Crippen LogP contribution in [0.3, 0.4) is 0 Å². The molecule has 0 spiro atoms. The number of aliphatic hydroxyl groups excluding tert-OH is 8. The second kappa shape index (κ2) is 50.0. The van der Waals surface area contributed by atoms with Crippen molar-refractivity contribution in [3.05, 3.63) is 177 Å². The maximum atomic E-state index is 13.2. The fourth-order valence-electron chi connectivity index (χ4n) is 14.3. The third kappa shape index (κ3) is 31.6. The summed E-state index contributed by atoms with van der Waals surface area (Å²) < 4.78 is 69.8. The quantitative estimate of drug-likeness (QED) is 0.0283. The molecule has 2 fully saturated rings. The van der Waals surface area contributed by atoms with Gasteiger partial charge < -0.3 is 108 Å². The van der Waals surface area contributed by atoms with Crippen molar-refractivity contribution in [2.75, 3.05) is 33.0 Å². The van der Waals surface area contributed by atoms with Gasteiger partial charge in [-0.05, 0) is 190 Å². The van der Waals surface area contributed by atoms with Gasteiger partial charge in [-0.15, -0.1) is 0 Å². The Labute approximate surface area is 763 Å². The Bertz CT molecular complexity index is 4590. The summed E-state index contributed by atoms with van der Waals surface area (Å²) in [5.41, 5.74) is 4.18. The number of carbonyl (C=O) groups excluding carboxylic acids is 7. The van der Waals surface area contributed by atoms with Crippen LogP contribution in [0.25, 0.3) is 24.3 Å². The predicted molar refractivity (Wildman–Crippen MR) is 489 cm³/mol. The molecule has 130 heavy (non-hydrogen) atoms. The molecular formula is C101H136O29. The van der Waals surface area contributed by atoms with E-state index in [0.29, 0.717) is 65.9 Å². The number of phenols is 2. The molecule has 4 aromatic rings. The topological polar surface area (TPSA) is 433 Å². The van der Waals surface area contributed by atoms with Gasteiger partial charge in [0.1, 0.15) is 115 Å². The summed E-state index contributed by atoms with van der Waals surface area (Å²) in [5.74, 6) is -4.63. The molecule has 0 amide bonds. The van der Waals surface area contributed by atoms with E-state index in [1.807, 2.05) is 113 Å². The number of esters is 4. The number of benzene rings is 4. The smallest absolute Gasteiger partial charge is 0.342 e. The number of ether oxygens (including phenoxy) is 12. The van der Waals surface area contributed by atoms with Gasteiger partial charge in [-0.2, -0.15) is 0 Å². The van der Waals surface area contributed by atoms with Crippen LogP contribution in [0.5, 0.6) is 34.5 Å². The van der Waals surface area contributed by atoms with E-state index >= 15 is 0 Å². The molecule has 29 heteroatoms. The second-order valence-corrected chi connectivity index (χ2v) is 35.0. The normalized spacial score (nSPS) is 29.8. The Kier molecular flexibility index (Phi) is 41.2. The Morgan fingerprint density at radius 2 is 0.700 bits per heavy atom. The molecule has 0 bridgehead atoms. The van der Waals surface area contributed by atoms with Crippen molar-refractivity contribution >= 4 is 65.5 Å². The molecule has 9 unspecified atom stereocenters. The van der Waals surface area contributed by atoms with Crippen molar-refractivity contribution in [3.63, 3.8) is 0 Å². The molecule has 6 aliphatic rings. The minimum Gasteiger partial charge on any atom is -0.507 e. The van der Waals surface area contributed by atoms with Crippen LogP contribution in [-0.4, -0.2) is 228 Å². The molecule has 4 aromatic carbocycles. The molecule has 29 nitrogen and oxygen atoms in total. The minimum absolute atomic E-state index is 0.0107. The molecule has 2 saturated heterocycles. The highest BCUT2D eigenvalue weighted by Crippen LogP contribution is 2.40. The summed E-state index contributed by atoms with van der Waals surface area (Å²) in [5, 5.41) is 99.5. The van der Waals surface area contributed by atoms with E-state index in [4.69, 9.17) is 61.9 Å². The lowest BCUT2D eigenvalue weighted by Gasteiger charge is -2.23. The van der Waals surface area contributed by atoms with Crippen molar-refractivity contribution in [3.8, 4) is 34.5 Å². The Balaban J connectivity index is 0.000000237. The van der Waals surface area contributed by atoms with Gasteiger partial charge >= 0.3 is 23.9 Å². The van der Waals surface area contributed by atoms with Gasteiger partial charge in [-0.1, -0.05) is 147 Å². The number of fused-ring (bicyclic) bond motifs is 6. The van der Waals surface area contributed by atoms with E-state index in [9.17, 15) is 79.5 Å². The average Bonchev–Trinajstić information content (AvgIpc) is 1.17. The van der Waals surface area contributed by atoms with E-state index in [1.54, 1.807) is 53.7 Å². The number of hydrogen-bond donors (Lipinski definition) is 10. The van der Waals surface area contributed by atoms with E-state index in [2.05, 4.69) is 38.2 Å². The van der Waals surface area contributed by atoms with Crippen LogP contribution in [0, 0.1) is 49.4 Å². The van der Waals surface area contributed by atoms with Crippen molar-refractivity contribution in [2.45, 2.75) is 280 Å². The van der Waals surface area contributed by atoms with Gasteiger partial charge in [-0.25, -0.2) is 19.2 Å². The highest BCUT2D eigenvalue weighted by Gasteiger charge is 2.45. The number of ketones is 3. The SMILES string of the molecule is CCC(=O)COc1cc(O)c2c(c1)/C=C/C[C@H](O)C(O)C(=O)/C=C\[C@@H](C)[C@H](C)OC2=O.CCC(O)COc1cc(C)c2c(c1)/C=C/C[C@@H]1OC(C)(C)OC1C(C)/C=C\[C@@H](C)[C@H](C)OC2=O.CCC(O)COc1cc(O)c2c(c1)/C=C/C[C@H](O)C(O)C(=O)/C=C\[C@@H](C)[C@H](C)OC2=O.Cc1cc(OCC(O)CO)cc2c1C(=O)O[C@@H](C)[C@H](C)/C=C\C(C)C1OC(C)(C)O[C@H]1C/C=C/2. The van der Waals surface area contributed by atoms with Gasteiger partial charge in [0.2, 0.25) is 0 Å². The van der Waals surface area contributed by atoms with Gasteiger partial charge in [0.05, 0.1) is 66.6 Å². The van der Waals surface area contributed by atoms with Crippen molar-refractivity contribution in [1.82, 2.24) is 0 Å². The first-order valence-corrected chi connectivity index (χ1v) is 44.7. The highest BCUT2D eigenvalue weighted by atomic mass is 16.8. The summed E-state index contributed by atoms with van der Waals surface area (Å²) in [6.45, 7) is 35.3. The molecule has 10 rings (SSSR count). The molecular weight excluding hydrogens is 1680 g/mol. The molecule has 6 aliphatic heterocycles. The van der Waals surface area contributed by atoms with Crippen LogP contribution in [0.4, 0.5) is 0 Å². The number of carbonyl (C=O) groups is 7. The largest absolute Gasteiger partial charge is 0.507 e. The van der Waals surface area contributed by atoms with Crippen LogP contribution in [0.2, 0.25) is 0 Å². The zero-order valence-corrected chi connectivity index (χ0v) is 78.2. The van der Waals surface area contributed by atoms with Crippen LogP contribution < -0.4 is 18.9 Å². The fourth-order valence-corrected chi connectivity index (χ4v) is 14.3. The van der Waals surface area contributed by atoms with Crippen molar-refractivity contribution < 1.29 is 141 Å². The number of aromatic hydroxyl groups is 2. The fraction of sp³-hybridized carbons (Fsp3) is 0.535. The van der Waals surface area contributed by atoms with Crippen LogP contribution in [0.15, 0.2) is 121 Å². The molecule has 0 aliphatic carbocycles. The standard InChI is InChI=1S/C28H40O6.C27H38O7.C23H30O8.C23H28O8/c1-8-22(29)16-31-23-14-19(4)25-21(15-23)10-9-11-24-26(34-28(6,7)33-24)18(3)13-12-17(2)20(5)32-27(25)30;1-16-10-11-17(2)25-23(33-27(5,6)34-25)9-7-8-20-13-22(31-15-21(29)14-28)12-18(3)24(20)26(30)32-19(16)4;2*1-4-16(24)12-30-17-10-15-6-5-7-18(25)22(28)19(26)9-8-13(2)14(3)31-23(29)21(15)20(27)11-17/h9-10,12-15,17-18,20,22,24,26,29H,8,11,16H2,1-7H3;7-8,10-13,16-17,19,21,23,25,28-29H,9,14-15H2,1-6H3;5-6,8-11,13-14,16,18,22,24-25,27-28H,4,7,12H2,1-3H3;5-6,8-11,13-14,18,22,25,27-28H,4,7,12H2,1-3H3/b10-9+,13-12-;8-7+,11-10-;2*6-5+,9-8-/t17-,18?,20+,22?,24+,26?;16-,17?,19+,21?,23+,25?;13-,14+,16?,18+,22?;13-,14+,18+,22?/m1111/s1. The molecule has 6 heterocycles. The molecule has 0 saturated carbocycles. The van der Waals surface area contributed by atoms with E-state index in [1.165, 1.54) is 60.7 Å². The lowest BCUT2D eigenvalue weighted by Crippen LogP contribution is -2.32. The van der Waals surface area contributed by atoms with Crippen LogP contribution >= 0.6 is 0 Å². The Morgan fingerprint density at radius 3 is 1.04 bits per heavy atom. The van der Waals surface area contributed by atoms with E-state index in [0.717, 1.165) is 23.3 Å². The third-order valence-corrected chi connectivity index (χ3v) is 23.2. The van der Waals surface area contributed by atoms with Crippen LogP contribution in [-0.2, 0) is 52.3 Å². The van der Waals surface area contributed by atoms with Gasteiger partial charge in [0.15, 0.2) is 28.9 Å². The summed E-state index contributed by atoms with van der Waals surface area (Å²) in [6.07, 6.45) is 19.5. The first kappa shape index (κ1) is 107. The highest BCUT2D eigenvalue weighted by molar-refractivity contribution is 6.00. The summed E-state index contributed by atoms with van der Waals surface area (Å²) in [4.78, 5) is 87.5. The van der Waals surface area contributed by atoms with Crippen LogP contribution in [0.1, 0.15) is 237 Å². The number of cyclic esters (lactones) is 4. The molecule has 0 radical (unpaired) electrons. The zero-order chi connectivity index (χ0) is 96.3. The number of rotatable bonds is 16.